The van der Waals surface area contributed by atoms with Crippen molar-refractivity contribution in [2.75, 3.05) is 52.5 Å². The van der Waals surface area contributed by atoms with Crippen molar-refractivity contribution < 1.29 is 19.0 Å². The molecule has 1 aromatic rings. The monoisotopic (exact) mass is 416 g/mol. The average molecular weight is 417 g/mol. The Morgan fingerprint density at radius 1 is 1.07 bits per heavy atom. The molecule has 2 fully saturated rings. The Bertz CT molecular complexity index is 756. The van der Waals surface area contributed by atoms with Crippen LogP contribution in [0.5, 0.6) is 11.5 Å². The Hall–Kier alpha value is -2.48. The number of nitrogens with one attached hydrogen (secondary N) is 1. The van der Waals surface area contributed by atoms with Crippen LogP contribution >= 0.6 is 0 Å². The van der Waals surface area contributed by atoms with Crippen molar-refractivity contribution in [3.05, 3.63) is 23.8 Å². The number of nitrogens with zero attached hydrogens (tertiary/aromatic N) is 3. The van der Waals surface area contributed by atoms with E-state index in [9.17, 15) is 4.79 Å². The van der Waals surface area contributed by atoms with Crippen LogP contribution < -0.4 is 14.8 Å². The normalized spacial score (nSPS) is 22.0. The van der Waals surface area contributed by atoms with Crippen LogP contribution in [0, 0.1) is 0 Å². The molecule has 8 nitrogen and oxygen atoms in total. The molecule has 0 aromatic heterocycles. The molecular weight excluding hydrogens is 384 g/mol. The van der Waals surface area contributed by atoms with E-state index in [0.29, 0.717) is 39.5 Å². The minimum absolute atomic E-state index is 0.140. The Balaban J connectivity index is 1.36. The summed E-state index contributed by atoms with van der Waals surface area (Å²) in [4.78, 5) is 21.6. The van der Waals surface area contributed by atoms with Gasteiger partial charge in [-0.2, -0.15) is 0 Å². The highest BCUT2D eigenvalue weighted by molar-refractivity contribution is 5.82. The van der Waals surface area contributed by atoms with Gasteiger partial charge in [0.2, 0.25) is 0 Å². The van der Waals surface area contributed by atoms with Crippen LogP contribution in [0.25, 0.3) is 0 Å². The summed E-state index contributed by atoms with van der Waals surface area (Å²) < 4.78 is 17.1. The van der Waals surface area contributed by atoms with Gasteiger partial charge in [-0.3, -0.25) is 4.79 Å². The van der Waals surface area contributed by atoms with E-state index >= 15 is 0 Å². The summed E-state index contributed by atoms with van der Waals surface area (Å²) in [6.45, 7) is 8.45. The van der Waals surface area contributed by atoms with Gasteiger partial charge in [0.15, 0.2) is 17.5 Å². The van der Waals surface area contributed by atoms with Gasteiger partial charge in [-0.1, -0.05) is 6.07 Å². The number of fused-ring (bicyclic) bond motifs is 1. The topological polar surface area (TPSA) is 75.6 Å². The lowest BCUT2D eigenvalue weighted by Crippen LogP contribution is -2.55. The summed E-state index contributed by atoms with van der Waals surface area (Å²) in [6, 6.07) is 6.03. The number of hydrogen-bond donors (Lipinski definition) is 1. The second-order valence-corrected chi connectivity index (χ2v) is 7.82. The van der Waals surface area contributed by atoms with Gasteiger partial charge in [0, 0.05) is 45.8 Å². The molecule has 1 N–H and O–H groups in total. The van der Waals surface area contributed by atoms with E-state index in [0.717, 1.165) is 61.9 Å². The maximum atomic E-state index is 12.6. The first kappa shape index (κ1) is 20.8. The number of carbonyl (C=O) groups excluding carboxylic acids is 1. The van der Waals surface area contributed by atoms with Crippen molar-refractivity contribution in [1.82, 2.24) is 15.1 Å². The van der Waals surface area contributed by atoms with Gasteiger partial charge in [-0.05, 0) is 37.5 Å². The Morgan fingerprint density at radius 3 is 2.57 bits per heavy atom. The van der Waals surface area contributed by atoms with Crippen molar-refractivity contribution in [3.8, 4) is 11.5 Å². The number of hydrogen-bond acceptors (Lipinski definition) is 5. The fourth-order valence-corrected chi connectivity index (χ4v) is 4.01. The Morgan fingerprint density at radius 2 is 1.83 bits per heavy atom. The van der Waals surface area contributed by atoms with Crippen molar-refractivity contribution in [2.45, 2.75) is 38.8 Å². The van der Waals surface area contributed by atoms with Gasteiger partial charge < -0.3 is 29.3 Å². The molecule has 3 heterocycles. The first-order chi connectivity index (χ1) is 14.7. The van der Waals surface area contributed by atoms with Crippen molar-refractivity contribution in [3.63, 3.8) is 0 Å². The number of ether oxygens (including phenoxy) is 3. The third-order valence-electron chi connectivity index (χ3n) is 5.65. The summed E-state index contributed by atoms with van der Waals surface area (Å²) in [7, 11) is 0. The maximum absolute atomic E-state index is 12.6. The van der Waals surface area contributed by atoms with Gasteiger partial charge in [0.05, 0.1) is 19.8 Å². The van der Waals surface area contributed by atoms with E-state index < -0.39 is 0 Å². The van der Waals surface area contributed by atoms with E-state index in [2.05, 4.69) is 17.1 Å². The summed E-state index contributed by atoms with van der Waals surface area (Å²) in [5.74, 6) is 2.63. The number of carbonyl (C=O) groups is 1. The summed E-state index contributed by atoms with van der Waals surface area (Å²) in [5, 5.41) is 3.39. The molecule has 0 radical (unpaired) electrons. The Labute approximate surface area is 178 Å². The zero-order chi connectivity index (χ0) is 20.8. The highest BCUT2D eigenvalue weighted by Crippen LogP contribution is 2.30. The first-order valence-electron chi connectivity index (χ1n) is 11.1. The number of amides is 1. The number of aliphatic imine (C=N–C) groups is 1. The molecule has 3 aliphatic heterocycles. The smallest absolute Gasteiger partial charge is 0.251 e. The average Bonchev–Trinajstić information content (AvgIpc) is 3.22. The summed E-state index contributed by atoms with van der Waals surface area (Å²) in [6.07, 6.45) is 2.48. The lowest BCUT2D eigenvalue weighted by Gasteiger charge is -2.37. The van der Waals surface area contributed by atoms with Crippen molar-refractivity contribution in [1.29, 1.82) is 0 Å². The molecule has 0 bridgehead atoms. The zero-order valence-corrected chi connectivity index (χ0v) is 17.8. The first-order valence-corrected chi connectivity index (χ1v) is 11.1. The third-order valence-corrected chi connectivity index (χ3v) is 5.65. The fourth-order valence-electron chi connectivity index (χ4n) is 4.01. The summed E-state index contributed by atoms with van der Waals surface area (Å²) >= 11 is 0. The van der Waals surface area contributed by atoms with E-state index in [-0.39, 0.29) is 12.0 Å². The highest BCUT2D eigenvalue weighted by atomic mass is 16.5. The molecule has 0 saturated carbocycles. The molecule has 1 unspecified atom stereocenters. The number of rotatable bonds is 4. The molecule has 0 spiro atoms. The predicted molar refractivity (Wildman–Crippen MR) is 114 cm³/mol. The van der Waals surface area contributed by atoms with Crippen LogP contribution in [-0.4, -0.2) is 80.3 Å². The molecule has 3 aliphatic rings. The molecule has 1 atom stereocenters. The zero-order valence-electron chi connectivity index (χ0n) is 17.8. The molecule has 164 valence electrons. The van der Waals surface area contributed by atoms with Crippen molar-refractivity contribution in [2.24, 2.45) is 4.99 Å². The van der Waals surface area contributed by atoms with Gasteiger partial charge in [-0.15, -0.1) is 0 Å². The summed E-state index contributed by atoms with van der Waals surface area (Å²) in [5.41, 5.74) is 1.09. The lowest BCUT2D eigenvalue weighted by atomic mass is 10.2. The molecule has 1 amide bonds. The quantitative estimate of drug-likeness (QED) is 0.594. The van der Waals surface area contributed by atoms with Crippen LogP contribution in [0.1, 0.15) is 31.7 Å². The minimum Gasteiger partial charge on any atom is -0.490 e. The van der Waals surface area contributed by atoms with E-state index in [1.165, 1.54) is 0 Å². The van der Waals surface area contributed by atoms with Gasteiger partial charge in [0.1, 0.15) is 6.10 Å². The Kier molecular flexibility index (Phi) is 6.94. The van der Waals surface area contributed by atoms with E-state index in [1.807, 2.05) is 23.1 Å². The van der Waals surface area contributed by atoms with Crippen molar-refractivity contribution >= 4 is 11.9 Å². The number of guanidine groups is 1. The van der Waals surface area contributed by atoms with Crippen LogP contribution in [-0.2, 0) is 16.1 Å². The SMILES string of the molecule is CCNC(=NCc1ccc2c(c1)OCCCO2)N1CCN(C(=O)C2CCCO2)CC1. The van der Waals surface area contributed by atoms with Crippen LogP contribution in [0.3, 0.4) is 0 Å². The predicted octanol–water partition coefficient (Wildman–Crippen LogP) is 1.64. The van der Waals surface area contributed by atoms with E-state index in [4.69, 9.17) is 19.2 Å². The lowest BCUT2D eigenvalue weighted by molar-refractivity contribution is -0.142. The largest absolute Gasteiger partial charge is 0.490 e. The van der Waals surface area contributed by atoms with Gasteiger partial charge >= 0.3 is 0 Å². The van der Waals surface area contributed by atoms with Crippen LogP contribution in [0.2, 0.25) is 0 Å². The molecule has 2 saturated heterocycles. The second kappa shape index (κ2) is 10.0. The maximum Gasteiger partial charge on any atom is 0.251 e. The van der Waals surface area contributed by atoms with Crippen LogP contribution in [0.4, 0.5) is 0 Å². The molecule has 0 aliphatic carbocycles. The molecule has 4 rings (SSSR count). The molecule has 30 heavy (non-hydrogen) atoms. The number of benzene rings is 1. The second-order valence-electron chi connectivity index (χ2n) is 7.82. The molecule has 8 heteroatoms. The van der Waals surface area contributed by atoms with Gasteiger partial charge in [-0.25, -0.2) is 4.99 Å². The molecule has 1 aromatic carbocycles. The highest BCUT2D eigenvalue weighted by Gasteiger charge is 2.30. The van der Waals surface area contributed by atoms with E-state index in [1.54, 1.807) is 0 Å². The van der Waals surface area contributed by atoms with Crippen LogP contribution in [0.15, 0.2) is 23.2 Å². The number of piperazine rings is 1. The third kappa shape index (κ3) is 4.98. The minimum atomic E-state index is -0.238. The van der Waals surface area contributed by atoms with Gasteiger partial charge in [0.25, 0.3) is 5.91 Å². The fraction of sp³-hybridized carbons (Fsp3) is 0.636. The molecular formula is C22H32N4O4. The standard InChI is InChI=1S/C22H32N4O4/c1-2-23-22(24-16-17-6-7-18-20(15-17)30-14-4-13-28-18)26-10-8-25(9-11-26)21(27)19-5-3-12-29-19/h6-7,15,19H,2-5,8-14,16H2,1H3,(H,23,24).